The average Bonchev–Trinajstić information content (AvgIpc) is 2.17. The molecule has 0 aliphatic heterocycles. The topological polar surface area (TPSA) is 25.8 Å². The van der Waals surface area contributed by atoms with Gasteiger partial charge in [-0.3, -0.25) is 0 Å². The molecule has 1 rings (SSSR count). The molecule has 78 valence electrons. The van der Waals surface area contributed by atoms with Crippen LogP contribution in [0.3, 0.4) is 0 Å². The normalized spacial score (nSPS) is 10.6. The Morgan fingerprint density at radius 1 is 0.929 bits per heavy atom. The molecule has 1 aromatic rings. The highest BCUT2D eigenvalue weighted by Crippen LogP contribution is 2.16. The number of hydrogen-bond donors (Lipinski definition) is 0. The fourth-order valence-electron chi connectivity index (χ4n) is 1.81. The molecule has 0 spiro atoms. The summed E-state index contributed by atoms with van der Waals surface area (Å²) in [5.41, 5.74) is 5.05. The van der Waals surface area contributed by atoms with Gasteiger partial charge in [-0.2, -0.15) is 10.2 Å². The molecule has 0 saturated heterocycles. The van der Waals surface area contributed by atoms with Gasteiger partial charge < -0.3 is 0 Å². The lowest BCUT2D eigenvalue weighted by molar-refractivity contribution is 0.783. The average molecular weight is 192 g/mol. The van der Waals surface area contributed by atoms with Crippen molar-refractivity contribution >= 4 is 0 Å². The molecular formula is C12H20N2. The highest BCUT2D eigenvalue weighted by atomic mass is 15.1. The fraction of sp³-hybridized carbons (Fsp3) is 0.667. The smallest absolute Gasteiger partial charge is 0.0663 e. The number of nitrogens with zero attached hydrogens (tertiary/aromatic N) is 2. The monoisotopic (exact) mass is 192 g/mol. The molecule has 1 aromatic heterocycles. The molecule has 14 heavy (non-hydrogen) atoms. The van der Waals surface area contributed by atoms with E-state index in [1.807, 2.05) is 0 Å². The van der Waals surface area contributed by atoms with E-state index >= 15 is 0 Å². The minimum absolute atomic E-state index is 1.05. The highest BCUT2D eigenvalue weighted by molar-refractivity contribution is 5.31. The van der Waals surface area contributed by atoms with Crippen LogP contribution in [-0.4, -0.2) is 10.2 Å². The molecule has 2 heteroatoms. The van der Waals surface area contributed by atoms with Crippen molar-refractivity contribution in [2.75, 3.05) is 0 Å². The first-order valence-corrected chi connectivity index (χ1v) is 5.52. The SMILES string of the molecule is CCCc1nnc(C)c(CCC)c1C. The van der Waals surface area contributed by atoms with Crippen LogP contribution in [0.1, 0.15) is 49.2 Å². The van der Waals surface area contributed by atoms with Crippen molar-refractivity contribution in [3.63, 3.8) is 0 Å². The van der Waals surface area contributed by atoms with Crippen molar-refractivity contribution in [3.8, 4) is 0 Å². The summed E-state index contributed by atoms with van der Waals surface area (Å²) in [6, 6.07) is 0. The molecule has 0 aliphatic rings. The lowest BCUT2D eigenvalue weighted by atomic mass is 10.0. The van der Waals surface area contributed by atoms with Crippen LogP contribution in [0.5, 0.6) is 0 Å². The Kier molecular flexibility index (Phi) is 4.05. The third-order valence-electron chi connectivity index (χ3n) is 2.63. The zero-order valence-corrected chi connectivity index (χ0v) is 9.72. The summed E-state index contributed by atoms with van der Waals surface area (Å²) in [5, 5.41) is 8.49. The van der Waals surface area contributed by atoms with E-state index in [9.17, 15) is 0 Å². The van der Waals surface area contributed by atoms with Gasteiger partial charge in [-0.05, 0) is 37.8 Å². The molecule has 0 fully saturated rings. The second-order valence-corrected chi connectivity index (χ2v) is 3.84. The Labute approximate surface area is 86.8 Å². The van der Waals surface area contributed by atoms with Crippen LogP contribution >= 0.6 is 0 Å². The van der Waals surface area contributed by atoms with E-state index in [4.69, 9.17) is 0 Å². The molecule has 0 amide bonds. The summed E-state index contributed by atoms with van der Waals surface area (Å²) >= 11 is 0. The van der Waals surface area contributed by atoms with E-state index in [-0.39, 0.29) is 0 Å². The third-order valence-corrected chi connectivity index (χ3v) is 2.63. The molecule has 0 bridgehead atoms. The zero-order valence-electron chi connectivity index (χ0n) is 9.72. The third kappa shape index (κ3) is 2.31. The second-order valence-electron chi connectivity index (χ2n) is 3.84. The molecule has 2 nitrogen and oxygen atoms in total. The largest absolute Gasteiger partial charge is 0.155 e. The maximum Gasteiger partial charge on any atom is 0.0663 e. The van der Waals surface area contributed by atoms with Crippen molar-refractivity contribution in [2.45, 2.75) is 53.4 Å². The van der Waals surface area contributed by atoms with Crippen LogP contribution in [0, 0.1) is 13.8 Å². The summed E-state index contributed by atoms with van der Waals surface area (Å²) in [7, 11) is 0. The van der Waals surface area contributed by atoms with Crippen LogP contribution in [0.25, 0.3) is 0 Å². The van der Waals surface area contributed by atoms with E-state index in [0.29, 0.717) is 0 Å². The van der Waals surface area contributed by atoms with Crippen LogP contribution < -0.4 is 0 Å². The first kappa shape index (κ1) is 11.2. The summed E-state index contributed by atoms with van der Waals surface area (Å²) in [5.74, 6) is 0. The summed E-state index contributed by atoms with van der Waals surface area (Å²) in [6.45, 7) is 8.62. The van der Waals surface area contributed by atoms with E-state index in [1.54, 1.807) is 0 Å². The molecule has 0 atom stereocenters. The molecule has 0 unspecified atom stereocenters. The van der Waals surface area contributed by atoms with Crippen molar-refractivity contribution in [3.05, 3.63) is 22.5 Å². The van der Waals surface area contributed by atoms with Crippen LogP contribution in [0.15, 0.2) is 0 Å². The standard InChI is InChI=1S/C12H20N2/c1-5-7-11-9(3)12(8-6-2)14-13-10(11)4/h5-8H2,1-4H3. The fourth-order valence-corrected chi connectivity index (χ4v) is 1.81. The maximum absolute atomic E-state index is 4.26. The van der Waals surface area contributed by atoms with Crippen molar-refractivity contribution in [1.82, 2.24) is 10.2 Å². The van der Waals surface area contributed by atoms with E-state index < -0.39 is 0 Å². The quantitative estimate of drug-likeness (QED) is 0.733. The molecule has 1 heterocycles. The van der Waals surface area contributed by atoms with Gasteiger partial charge in [-0.15, -0.1) is 0 Å². The summed E-state index contributed by atoms with van der Waals surface area (Å²) in [4.78, 5) is 0. The Morgan fingerprint density at radius 3 is 2.14 bits per heavy atom. The Bertz CT molecular complexity index is 305. The number of hydrogen-bond acceptors (Lipinski definition) is 2. The van der Waals surface area contributed by atoms with Crippen molar-refractivity contribution in [2.24, 2.45) is 0 Å². The van der Waals surface area contributed by atoms with Gasteiger partial charge in [0.15, 0.2) is 0 Å². The minimum atomic E-state index is 1.05. The minimum Gasteiger partial charge on any atom is -0.155 e. The van der Waals surface area contributed by atoms with Gasteiger partial charge in [0, 0.05) is 0 Å². The lowest BCUT2D eigenvalue weighted by Crippen LogP contribution is -2.05. The van der Waals surface area contributed by atoms with Gasteiger partial charge in [0.1, 0.15) is 0 Å². The van der Waals surface area contributed by atoms with Crippen LogP contribution in [0.4, 0.5) is 0 Å². The van der Waals surface area contributed by atoms with Gasteiger partial charge in [0.2, 0.25) is 0 Å². The number of rotatable bonds is 4. The second kappa shape index (κ2) is 5.08. The molecule has 0 aromatic carbocycles. The van der Waals surface area contributed by atoms with E-state index in [2.05, 4.69) is 37.9 Å². The maximum atomic E-state index is 4.26. The van der Waals surface area contributed by atoms with E-state index in [0.717, 1.165) is 25.0 Å². The molecular weight excluding hydrogens is 172 g/mol. The van der Waals surface area contributed by atoms with Crippen LogP contribution in [-0.2, 0) is 12.8 Å². The van der Waals surface area contributed by atoms with Gasteiger partial charge in [0.05, 0.1) is 11.4 Å². The van der Waals surface area contributed by atoms with E-state index in [1.165, 1.54) is 23.2 Å². The summed E-state index contributed by atoms with van der Waals surface area (Å²) in [6.07, 6.45) is 4.50. The van der Waals surface area contributed by atoms with Gasteiger partial charge in [0.25, 0.3) is 0 Å². The lowest BCUT2D eigenvalue weighted by Gasteiger charge is -2.10. The van der Waals surface area contributed by atoms with Gasteiger partial charge in [-0.25, -0.2) is 0 Å². The van der Waals surface area contributed by atoms with Gasteiger partial charge >= 0.3 is 0 Å². The molecule has 0 aliphatic carbocycles. The number of aryl methyl sites for hydroxylation is 2. The van der Waals surface area contributed by atoms with Gasteiger partial charge in [-0.1, -0.05) is 26.7 Å². The molecule has 0 saturated carbocycles. The van der Waals surface area contributed by atoms with Crippen LogP contribution in [0.2, 0.25) is 0 Å². The zero-order chi connectivity index (χ0) is 10.6. The molecule has 0 N–H and O–H groups in total. The predicted molar refractivity (Wildman–Crippen MR) is 59.5 cm³/mol. The Balaban J connectivity index is 3.05. The first-order chi connectivity index (χ1) is 6.70. The number of aromatic nitrogens is 2. The highest BCUT2D eigenvalue weighted by Gasteiger charge is 2.08. The van der Waals surface area contributed by atoms with Crippen molar-refractivity contribution < 1.29 is 0 Å². The Hall–Kier alpha value is -0.920. The first-order valence-electron chi connectivity index (χ1n) is 5.52. The van der Waals surface area contributed by atoms with Crippen molar-refractivity contribution in [1.29, 1.82) is 0 Å². The molecule has 0 radical (unpaired) electrons. The predicted octanol–water partition coefficient (Wildman–Crippen LogP) is 3.00. The summed E-state index contributed by atoms with van der Waals surface area (Å²) < 4.78 is 0. The Morgan fingerprint density at radius 2 is 1.57 bits per heavy atom.